The number of rotatable bonds is 10. The van der Waals surface area contributed by atoms with Crippen LogP contribution in [0.15, 0.2) is 24.3 Å². The number of halogens is 1. The first-order chi connectivity index (χ1) is 12.2. The van der Waals surface area contributed by atoms with Crippen molar-refractivity contribution in [3.05, 3.63) is 24.3 Å². The summed E-state index contributed by atoms with van der Waals surface area (Å²) in [5.74, 6) is 1.74. The summed E-state index contributed by atoms with van der Waals surface area (Å²) in [6, 6.07) is 7.90. The molecule has 0 heterocycles. The Kier molecular flexibility index (Phi) is 13.3. The second kappa shape index (κ2) is 13.6. The van der Waals surface area contributed by atoms with Gasteiger partial charge < -0.3 is 20.1 Å². The van der Waals surface area contributed by atoms with E-state index >= 15 is 0 Å². The number of ether oxygens (including phenoxy) is 2. The SMILES string of the molecule is CC(C)(C)NCCCOc1cccc(OCCCNC(C)(C)C)c1.CI. The summed E-state index contributed by atoms with van der Waals surface area (Å²) in [5, 5.41) is 6.92. The smallest absolute Gasteiger partial charge is 0.122 e. The fraction of sp³-hybridized carbons (Fsp3) is 0.714. The zero-order valence-corrected chi connectivity index (χ0v) is 19.9. The van der Waals surface area contributed by atoms with Crippen LogP contribution in [0, 0.1) is 0 Å². The molecule has 1 aromatic rings. The topological polar surface area (TPSA) is 42.5 Å². The van der Waals surface area contributed by atoms with Gasteiger partial charge in [0.15, 0.2) is 0 Å². The standard InChI is InChI=1S/C20H36N2O2.CH3I/c1-19(2,3)21-12-8-14-23-17-10-7-11-18(16-17)24-15-9-13-22-20(4,5)6;1-2/h7,10-11,16,21-22H,8-9,12-15H2,1-6H3;1H3. The van der Waals surface area contributed by atoms with Gasteiger partial charge in [-0.1, -0.05) is 28.7 Å². The molecule has 26 heavy (non-hydrogen) atoms. The van der Waals surface area contributed by atoms with Gasteiger partial charge in [0, 0.05) is 17.1 Å². The number of hydrogen-bond donors (Lipinski definition) is 2. The van der Waals surface area contributed by atoms with Gasteiger partial charge in [0.2, 0.25) is 0 Å². The predicted molar refractivity (Wildman–Crippen MR) is 122 cm³/mol. The third-order valence-electron chi connectivity index (χ3n) is 3.30. The summed E-state index contributed by atoms with van der Waals surface area (Å²) in [6.07, 6.45) is 1.97. The summed E-state index contributed by atoms with van der Waals surface area (Å²) in [4.78, 5) is 1.97. The van der Waals surface area contributed by atoms with Crippen LogP contribution in [0.3, 0.4) is 0 Å². The van der Waals surface area contributed by atoms with Crippen LogP contribution in [-0.2, 0) is 0 Å². The Bertz CT molecular complexity index is 429. The van der Waals surface area contributed by atoms with Crippen molar-refractivity contribution >= 4 is 22.6 Å². The number of benzene rings is 1. The molecule has 1 aromatic carbocycles. The molecule has 1 rings (SSSR count). The summed E-state index contributed by atoms with van der Waals surface area (Å²) in [5.41, 5.74) is 0.325. The van der Waals surface area contributed by atoms with E-state index in [1.807, 2.05) is 29.2 Å². The minimum Gasteiger partial charge on any atom is -0.493 e. The van der Waals surface area contributed by atoms with E-state index in [2.05, 4.69) is 74.8 Å². The van der Waals surface area contributed by atoms with Crippen molar-refractivity contribution in [2.24, 2.45) is 0 Å². The first kappa shape index (κ1) is 25.5. The second-order valence-corrected chi connectivity index (χ2v) is 8.23. The highest BCUT2D eigenvalue weighted by molar-refractivity contribution is 14.1. The molecule has 0 aliphatic rings. The molecule has 5 heteroatoms. The average molecular weight is 478 g/mol. The van der Waals surface area contributed by atoms with Gasteiger partial charge in [-0.2, -0.15) is 0 Å². The lowest BCUT2D eigenvalue weighted by molar-refractivity contribution is 0.285. The van der Waals surface area contributed by atoms with Crippen molar-refractivity contribution in [3.63, 3.8) is 0 Å². The molecule has 0 amide bonds. The van der Waals surface area contributed by atoms with E-state index in [0.717, 1.165) is 37.4 Å². The van der Waals surface area contributed by atoms with Crippen LogP contribution in [0.2, 0.25) is 0 Å². The van der Waals surface area contributed by atoms with Gasteiger partial charge >= 0.3 is 0 Å². The van der Waals surface area contributed by atoms with Crippen LogP contribution >= 0.6 is 22.6 Å². The first-order valence-corrected chi connectivity index (χ1v) is 11.5. The van der Waals surface area contributed by atoms with Crippen LogP contribution in [0.25, 0.3) is 0 Å². The number of hydrogen-bond acceptors (Lipinski definition) is 4. The quantitative estimate of drug-likeness (QED) is 0.281. The van der Waals surface area contributed by atoms with Crippen LogP contribution < -0.4 is 20.1 Å². The molecule has 4 nitrogen and oxygen atoms in total. The number of nitrogens with one attached hydrogen (secondary N) is 2. The van der Waals surface area contributed by atoms with Crippen molar-refractivity contribution in [3.8, 4) is 11.5 Å². The third-order valence-corrected chi connectivity index (χ3v) is 3.30. The summed E-state index contributed by atoms with van der Waals surface area (Å²) >= 11 is 2.15. The van der Waals surface area contributed by atoms with E-state index in [-0.39, 0.29) is 11.1 Å². The second-order valence-electron chi connectivity index (χ2n) is 8.23. The molecule has 0 unspecified atom stereocenters. The van der Waals surface area contributed by atoms with E-state index in [1.165, 1.54) is 0 Å². The van der Waals surface area contributed by atoms with Crippen molar-refractivity contribution in [2.75, 3.05) is 31.2 Å². The Labute approximate surface area is 175 Å². The van der Waals surface area contributed by atoms with E-state index < -0.39 is 0 Å². The molecule has 0 radical (unpaired) electrons. The molecule has 0 aliphatic heterocycles. The molecule has 0 bridgehead atoms. The third kappa shape index (κ3) is 15.7. The van der Waals surface area contributed by atoms with Gasteiger partial charge in [-0.25, -0.2) is 0 Å². The molecular weight excluding hydrogens is 439 g/mol. The van der Waals surface area contributed by atoms with Gasteiger partial charge in [0.1, 0.15) is 11.5 Å². The van der Waals surface area contributed by atoms with Crippen molar-refractivity contribution < 1.29 is 9.47 Å². The highest BCUT2D eigenvalue weighted by Crippen LogP contribution is 2.19. The van der Waals surface area contributed by atoms with E-state index in [1.54, 1.807) is 0 Å². The lowest BCUT2D eigenvalue weighted by atomic mass is 10.1. The van der Waals surface area contributed by atoms with Gasteiger partial charge in [-0.05, 0) is 84.5 Å². The molecule has 0 aliphatic carbocycles. The Hall–Kier alpha value is -0.530. The average Bonchev–Trinajstić information content (AvgIpc) is 2.54. The van der Waals surface area contributed by atoms with E-state index in [0.29, 0.717) is 13.2 Å². The Morgan fingerprint density at radius 2 is 1.15 bits per heavy atom. The maximum atomic E-state index is 5.80. The first-order valence-electron chi connectivity index (χ1n) is 9.39. The highest BCUT2D eigenvalue weighted by Gasteiger charge is 2.08. The highest BCUT2D eigenvalue weighted by atomic mass is 127. The summed E-state index contributed by atoms with van der Waals surface area (Å²) in [7, 11) is 0. The van der Waals surface area contributed by atoms with Crippen LogP contribution in [-0.4, -0.2) is 42.3 Å². The van der Waals surface area contributed by atoms with E-state index in [9.17, 15) is 0 Å². The lowest BCUT2D eigenvalue weighted by Gasteiger charge is -2.20. The zero-order valence-electron chi connectivity index (χ0n) is 17.7. The molecule has 0 spiro atoms. The normalized spacial score (nSPS) is 11.5. The van der Waals surface area contributed by atoms with Gasteiger partial charge in [-0.15, -0.1) is 0 Å². The zero-order chi connectivity index (χ0) is 20.1. The maximum absolute atomic E-state index is 5.80. The Balaban J connectivity index is 0.00000301. The minimum absolute atomic E-state index is 0.162. The van der Waals surface area contributed by atoms with Crippen molar-refractivity contribution in [1.29, 1.82) is 0 Å². The van der Waals surface area contributed by atoms with Gasteiger partial charge in [0.05, 0.1) is 13.2 Å². The van der Waals surface area contributed by atoms with Crippen LogP contribution in [0.1, 0.15) is 54.4 Å². The monoisotopic (exact) mass is 478 g/mol. The molecule has 0 atom stereocenters. The molecule has 0 fully saturated rings. The van der Waals surface area contributed by atoms with Gasteiger partial charge in [0.25, 0.3) is 0 Å². The molecule has 2 N–H and O–H groups in total. The summed E-state index contributed by atoms with van der Waals surface area (Å²) < 4.78 is 11.6. The van der Waals surface area contributed by atoms with Crippen LogP contribution in [0.4, 0.5) is 0 Å². The summed E-state index contributed by atoms with van der Waals surface area (Å²) in [6.45, 7) is 16.4. The number of alkyl halides is 1. The molecule has 0 aromatic heterocycles. The van der Waals surface area contributed by atoms with Crippen molar-refractivity contribution in [1.82, 2.24) is 10.6 Å². The predicted octanol–water partition coefficient (Wildman–Crippen LogP) is 5.05. The van der Waals surface area contributed by atoms with Gasteiger partial charge in [-0.3, -0.25) is 0 Å². The minimum atomic E-state index is 0.162. The fourth-order valence-corrected chi connectivity index (χ4v) is 2.10. The maximum Gasteiger partial charge on any atom is 0.122 e. The molecular formula is C21H39IN2O2. The van der Waals surface area contributed by atoms with Crippen molar-refractivity contribution in [2.45, 2.75) is 65.5 Å². The lowest BCUT2D eigenvalue weighted by Crippen LogP contribution is -2.36. The Morgan fingerprint density at radius 1 is 0.769 bits per heavy atom. The van der Waals surface area contributed by atoms with Crippen LogP contribution in [0.5, 0.6) is 11.5 Å². The van der Waals surface area contributed by atoms with E-state index in [4.69, 9.17) is 9.47 Å². The fourth-order valence-electron chi connectivity index (χ4n) is 2.10. The Morgan fingerprint density at radius 3 is 1.50 bits per heavy atom. The molecule has 0 saturated carbocycles. The largest absolute Gasteiger partial charge is 0.493 e. The molecule has 152 valence electrons. The molecule has 0 saturated heterocycles.